The number of methoxy groups -OCH3 is 1. The highest BCUT2D eigenvalue weighted by Gasteiger charge is 2.11. The number of benzene rings is 1. The molecule has 0 aliphatic carbocycles. The molecule has 17 heavy (non-hydrogen) atoms. The second-order valence-electron chi connectivity index (χ2n) is 4.29. The molecule has 0 bridgehead atoms. The van der Waals surface area contributed by atoms with Crippen LogP contribution in [0.25, 0.3) is 0 Å². The molecule has 0 saturated carbocycles. The lowest BCUT2D eigenvalue weighted by molar-refractivity contribution is 0.135. The lowest BCUT2D eigenvalue weighted by Crippen LogP contribution is -2.23. The van der Waals surface area contributed by atoms with Crippen LogP contribution in [0.2, 0.25) is 0 Å². The number of hydrogen-bond acceptors (Lipinski definition) is 3. The summed E-state index contributed by atoms with van der Waals surface area (Å²) in [5, 5.41) is 3.39. The van der Waals surface area contributed by atoms with Gasteiger partial charge in [0.15, 0.2) is 0 Å². The van der Waals surface area contributed by atoms with Gasteiger partial charge in [0.05, 0.1) is 25.6 Å². The molecule has 0 radical (unpaired) electrons. The van der Waals surface area contributed by atoms with E-state index in [-0.39, 0.29) is 6.10 Å². The van der Waals surface area contributed by atoms with E-state index in [2.05, 4.69) is 24.4 Å². The summed E-state index contributed by atoms with van der Waals surface area (Å²) in [6.45, 7) is 2.88. The Morgan fingerprint density at radius 1 is 1.47 bits per heavy atom. The molecule has 1 atom stereocenters. The first-order chi connectivity index (χ1) is 8.29. The third-order valence-corrected chi connectivity index (χ3v) is 2.90. The van der Waals surface area contributed by atoms with Gasteiger partial charge in [-0.2, -0.15) is 0 Å². The van der Waals surface area contributed by atoms with Crippen molar-refractivity contribution < 1.29 is 9.47 Å². The van der Waals surface area contributed by atoms with Crippen molar-refractivity contribution in [2.24, 2.45) is 0 Å². The van der Waals surface area contributed by atoms with Gasteiger partial charge in [0.2, 0.25) is 0 Å². The van der Waals surface area contributed by atoms with Crippen LogP contribution in [0.5, 0.6) is 5.75 Å². The van der Waals surface area contributed by atoms with Crippen molar-refractivity contribution in [3.63, 3.8) is 0 Å². The molecule has 1 N–H and O–H groups in total. The van der Waals surface area contributed by atoms with Gasteiger partial charge in [-0.05, 0) is 43.5 Å². The molecular formula is C14H19NO2. The molecule has 0 saturated heterocycles. The third kappa shape index (κ3) is 3.16. The first-order valence-corrected chi connectivity index (χ1v) is 5.98. The minimum Gasteiger partial charge on any atom is -0.497 e. The number of aryl methyl sites for hydroxylation is 1. The van der Waals surface area contributed by atoms with Crippen LogP contribution in [0.1, 0.15) is 18.4 Å². The van der Waals surface area contributed by atoms with Crippen LogP contribution < -0.4 is 10.1 Å². The second kappa shape index (κ2) is 5.62. The Balaban J connectivity index is 1.97. The molecule has 3 nitrogen and oxygen atoms in total. The fourth-order valence-electron chi connectivity index (χ4n) is 1.92. The minimum absolute atomic E-state index is 0.255. The number of rotatable bonds is 4. The second-order valence-corrected chi connectivity index (χ2v) is 4.29. The number of allylic oxidation sites excluding steroid dienone is 1. The van der Waals surface area contributed by atoms with Crippen LogP contribution in [-0.4, -0.2) is 19.8 Å². The highest BCUT2D eigenvalue weighted by Crippen LogP contribution is 2.25. The van der Waals surface area contributed by atoms with Crippen molar-refractivity contribution in [3.05, 3.63) is 36.1 Å². The summed E-state index contributed by atoms with van der Waals surface area (Å²) in [5.74, 6) is 0.877. The van der Waals surface area contributed by atoms with Gasteiger partial charge >= 0.3 is 0 Å². The Hall–Kier alpha value is -1.64. The van der Waals surface area contributed by atoms with Crippen LogP contribution in [0.4, 0.5) is 5.69 Å². The number of ether oxygens (including phenoxy) is 2. The zero-order chi connectivity index (χ0) is 12.1. The maximum Gasteiger partial charge on any atom is 0.141 e. The maximum absolute atomic E-state index is 5.52. The molecule has 2 rings (SSSR count). The quantitative estimate of drug-likeness (QED) is 0.866. The van der Waals surface area contributed by atoms with Gasteiger partial charge < -0.3 is 14.8 Å². The van der Waals surface area contributed by atoms with Crippen LogP contribution in [0.15, 0.2) is 30.5 Å². The fraction of sp³-hybridized carbons (Fsp3) is 0.429. The molecule has 1 aromatic carbocycles. The average molecular weight is 233 g/mol. The Morgan fingerprint density at radius 2 is 2.35 bits per heavy atom. The molecule has 1 aliphatic heterocycles. The molecule has 92 valence electrons. The summed E-state index contributed by atoms with van der Waals surface area (Å²) in [7, 11) is 1.69. The number of nitrogens with one attached hydrogen (secondary N) is 1. The van der Waals surface area contributed by atoms with Gasteiger partial charge in [-0.1, -0.05) is 6.07 Å². The van der Waals surface area contributed by atoms with Crippen molar-refractivity contribution in [1.82, 2.24) is 0 Å². The number of anilines is 1. The smallest absolute Gasteiger partial charge is 0.141 e. The van der Waals surface area contributed by atoms with Gasteiger partial charge in [-0.25, -0.2) is 0 Å². The standard InChI is InChI=1S/C14H19NO2/c1-11-6-7-14(16-2)13(9-11)15-10-12-5-3-4-8-17-12/h4,6-9,12,15H,3,5,10H2,1-2H3. The van der Waals surface area contributed by atoms with E-state index in [1.54, 1.807) is 13.4 Å². The van der Waals surface area contributed by atoms with E-state index in [0.29, 0.717) is 0 Å². The summed E-state index contributed by atoms with van der Waals surface area (Å²) in [4.78, 5) is 0. The Morgan fingerprint density at radius 3 is 3.06 bits per heavy atom. The molecule has 0 aromatic heterocycles. The zero-order valence-corrected chi connectivity index (χ0v) is 10.4. The molecule has 3 heteroatoms. The van der Waals surface area contributed by atoms with E-state index in [0.717, 1.165) is 30.8 Å². The highest BCUT2D eigenvalue weighted by molar-refractivity contribution is 5.58. The molecule has 1 aliphatic rings. The third-order valence-electron chi connectivity index (χ3n) is 2.90. The SMILES string of the molecule is COc1ccc(C)cc1NCC1CCC=CO1. The summed E-state index contributed by atoms with van der Waals surface area (Å²) >= 11 is 0. The highest BCUT2D eigenvalue weighted by atomic mass is 16.5. The average Bonchev–Trinajstić information content (AvgIpc) is 2.38. The molecular weight excluding hydrogens is 214 g/mol. The lowest BCUT2D eigenvalue weighted by Gasteiger charge is -2.21. The van der Waals surface area contributed by atoms with E-state index < -0.39 is 0 Å². The Bertz CT molecular complexity index is 401. The maximum atomic E-state index is 5.52. The first-order valence-electron chi connectivity index (χ1n) is 5.98. The van der Waals surface area contributed by atoms with Crippen LogP contribution >= 0.6 is 0 Å². The lowest BCUT2D eigenvalue weighted by atomic mass is 10.1. The summed E-state index contributed by atoms with van der Waals surface area (Å²) in [5.41, 5.74) is 2.25. The fourth-order valence-corrected chi connectivity index (χ4v) is 1.92. The summed E-state index contributed by atoms with van der Waals surface area (Å²) in [6, 6.07) is 6.13. The molecule has 0 spiro atoms. The van der Waals surface area contributed by atoms with E-state index >= 15 is 0 Å². The van der Waals surface area contributed by atoms with Crippen LogP contribution in [-0.2, 0) is 4.74 Å². The normalized spacial score (nSPS) is 18.6. The Labute approximate surface area is 102 Å². The number of hydrogen-bond donors (Lipinski definition) is 1. The van der Waals surface area contributed by atoms with Gasteiger partial charge in [0.25, 0.3) is 0 Å². The minimum atomic E-state index is 0.255. The van der Waals surface area contributed by atoms with Crippen molar-refractivity contribution in [3.8, 4) is 5.75 Å². The molecule has 1 aromatic rings. The van der Waals surface area contributed by atoms with E-state index in [4.69, 9.17) is 9.47 Å². The van der Waals surface area contributed by atoms with E-state index in [9.17, 15) is 0 Å². The van der Waals surface area contributed by atoms with Crippen LogP contribution in [0, 0.1) is 6.92 Å². The Kier molecular flexibility index (Phi) is 3.91. The van der Waals surface area contributed by atoms with E-state index in [1.165, 1.54) is 5.56 Å². The largest absolute Gasteiger partial charge is 0.497 e. The monoisotopic (exact) mass is 233 g/mol. The summed E-state index contributed by atoms with van der Waals surface area (Å²) in [6.07, 6.45) is 6.27. The van der Waals surface area contributed by atoms with Crippen molar-refractivity contribution in [2.45, 2.75) is 25.9 Å². The van der Waals surface area contributed by atoms with Crippen molar-refractivity contribution in [2.75, 3.05) is 19.0 Å². The molecule has 1 heterocycles. The topological polar surface area (TPSA) is 30.5 Å². The zero-order valence-electron chi connectivity index (χ0n) is 10.4. The van der Waals surface area contributed by atoms with Gasteiger partial charge in [-0.15, -0.1) is 0 Å². The predicted molar refractivity (Wildman–Crippen MR) is 69.5 cm³/mol. The molecule has 0 fully saturated rings. The van der Waals surface area contributed by atoms with Crippen molar-refractivity contribution >= 4 is 5.69 Å². The molecule has 1 unspecified atom stereocenters. The van der Waals surface area contributed by atoms with Crippen molar-refractivity contribution in [1.29, 1.82) is 0 Å². The first kappa shape index (κ1) is 11.8. The van der Waals surface area contributed by atoms with Gasteiger partial charge in [-0.3, -0.25) is 0 Å². The summed E-state index contributed by atoms with van der Waals surface area (Å²) < 4.78 is 10.8. The van der Waals surface area contributed by atoms with E-state index in [1.807, 2.05) is 12.1 Å². The van der Waals surface area contributed by atoms with Gasteiger partial charge in [0, 0.05) is 0 Å². The molecule has 0 amide bonds. The van der Waals surface area contributed by atoms with Crippen LogP contribution in [0.3, 0.4) is 0 Å². The van der Waals surface area contributed by atoms with Gasteiger partial charge in [0.1, 0.15) is 11.9 Å². The predicted octanol–water partition coefficient (Wildman–Crippen LogP) is 3.11.